The molecule has 1 fully saturated rings. The van der Waals surface area contributed by atoms with Gasteiger partial charge in [-0.15, -0.1) is 0 Å². The minimum Gasteiger partial charge on any atom is -0.496 e. The van der Waals surface area contributed by atoms with Crippen molar-refractivity contribution in [3.05, 3.63) is 58.4 Å². The number of piperidine rings is 1. The lowest BCUT2D eigenvalue weighted by Gasteiger charge is -2.32. The van der Waals surface area contributed by atoms with Crippen LogP contribution in [0.4, 0.5) is 10.1 Å². The Morgan fingerprint density at radius 3 is 2.65 bits per heavy atom. The van der Waals surface area contributed by atoms with Crippen LogP contribution in [0.25, 0.3) is 0 Å². The first-order valence-corrected chi connectivity index (χ1v) is 10.8. The van der Waals surface area contributed by atoms with Crippen LogP contribution in [0.3, 0.4) is 0 Å². The maximum atomic E-state index is 13.0. The molecule has 0 aliphatic carbocycles. The van der Waals surface area contributed by atoms with Gasteiger partial charge >= 0.3 is 0 Å². The van der Waals surface area contributed by atoms with E-state index in [0.717, 1.165) is 38.0 Å². The number of aliphatic hydroxyl groups excluding tert-OH is 1. The summed E-state index contributed by atoms with van der Waals surface area (Å²) in [5, 5.41) is 13.6. The molecular weight excluding hydrogens is 421 g/mol. The van der Waals surface area contributed by atoms with Crippen molar-refractivity contribution in [2.45, 2.75) is 25.4 Å². The van der Waals surface area contributed by atoms with Gasteiger partial charge in [-0.2, -0.15) is 0 Å². The third-order valence-corrected chi connectivity index (χ3v) is 6.12. The first-order chi connectivity index (χ1) is 14.9. The molecule has 8 heteroatoms. The number of rotatable bonds is 8. The van der Waals surface area contributed by atoms with E-state index in [2.05, 4.69) is 10.2 Å². The lowest BCUT2D eigenvalue weighted by Crippen LogP contribution is -2.39. The van der Waals surface area contributed by atoms with E-state index >= 15 is 0 Å². The lowest BCUT2D eigenvalue weighted by atomic mass is 9.96. The summed E-state index contributed by atoms with van der Waals surface area (Å²) in [4.78, 5) is 14.9. The predicted molar refractivity (Wildman–Crippen MR) is 120 cm³/mol. The Morgan fingerprint density at radius 2 is 2.00 bits per heavy atom. The summed E-state index contributed by atoms with van der Waals surface area (Å²) in [6.07, 6.45) is 1.93. The summed E-state index contributed by atoms with van der Waals surface area (Å²) in [6, 6.07) is 9.06. The molecule has 0 spiro atoms. The van der Waals surface area contributed by atoms with Gasteiger partial charge in [0, 0.05) is 19.2 Å². The molecule has 1 atom stereocenters. The van der Waals surface area contributed by atoms with E-state index in [0.29, 0.717) is 40.9 Å². The Kier molecular flexibility index (Phi) is 8.12. The number of amides is 1. The second-order valence-corrected chi connectivity index (χ2v) is 8.33. The molecule has 1 heterocycles. The third kappa shape index (κ3) is 6.32. The highest BCUT2D eigenvalue weighted by Gasteiger charge is 2.22. The molecule has 1 aliphatic rings. The number of nitrogens with two attached hydrogens (primary N) is 1. The number of carbonyl (C=O) groups is 1. The summed E-state index contributed by atoms with van der Waals surface area (Å²) in [7, 11) is 1.49. The fourth-order valence-corrected chi connectivity index (χ4v) is 3.98. The quantitative estimate of drug-likeness (QED) is 0.535. The predicted octanol–water partition coefficient (Wildman–Crippen LogP) is 3.64. The third-order valence-electron chi connectivity index (χ3n) is 5.80. The van der Waals surface area contributed by atoms with Gasteiger partial charge in [0.25, 0.3) is 5.91 Å². The Labute approximate surface area is 187 Å². The van der Waals surface area contributed by atoms with Crippen LogP contribution in [0, 0.1) is 11.7 Å². The normalized spacial score (nSPS) is 16.1. The smallest absolute Gasteiger partial charge is 0.255 e. The highest BCUT2D eigenvalue weighted by atomic mass is 35.5. The van der Waals surface area contributed by atoms with E-state index in [4.69, 9.17) is 22.1 Å². The van der Waals surface area contributed by atoms with Crippen LogP contribution < -0.4 is 15.8 Å². The number of anilines is 1. The average molecular weight is 450 g/mol. The monoisotopic (exact) mass is 449 g/mol. The van der Waals surface area contributed by atoms with E-state index in [1.165, 1.54) is 25.3 Å². The largest absolute Gasteiger partial charge is 0.496 e. The molecule has 1 saturated heterocycles. The molecule has 0 saturated carbocycles. The van der Waals surface area contributed by atoms with Gasteiger partial charge in [-0.1, -0.05) is 23.7 Å². The Bertz CT molecular complexity index is 886. The molecule has 1 aliphatic heterocycles. The van der Waals surface area contributed by atoms with Gasteiger partial charge in [0.05, 0.1) is 29.5 Å². The highest BCUT2D eigenvalue weighted by Crippen LogP contribution is 2.29. The van der Waals surface area contributed by atoms with Crippen molar-refractivity contribution in [1.29, 1.82) is 0 Å². The fraction of sp³-hybridized carbons (Fsp3) is 0.435. The van der Waals surface area contributed by atoms with Crippen molar-refractivity contribution in [3.8, 4) is 5.75 Å². The number of nitrogens with zero attached hydrogens (tertiary/aromatic N) is 1. The number of hydrogen-bond donors (Lipinski definition) is 3. The van der Waals surface area contributed by atoms with Crippen molar-refractivity contribution < 1.29 is 19.0 Å². The van der Waals surface area contributed by atoms with Gasteiger partial charge in [0.1, 0.15) is 11.6 Å². The van der Waals surface area contributed by atoms with Gasteiger partial charge in [-0.25, -0.2) is 4.39 Å². The number of methoxy groups -OCH3 is 1. The van der Waals surface area contributed by atoms with Crippen molar-refractivity contribution in [3.63, 3.8) is 0 Å². The number of halogens is 2. The molecule has 4 N–H and O–H groups in total. The van der Waals surface area contributed by atoms with Crippen LogP contribution in [0.2, 0.25) is 5.02 Å². The first-order valence-electron chi connectivity index (χ1n) is 10.4. The van der Waals surface area contributed by atoms with Crippen molar-refractivity contribution >= 4 is 23.2 Å². The Hall–Kier alpha value is -2.35. The summed E-state index contributed by atoms with van der Waals surface area (Å²) >= 11 is 6.05. The van der Waals surface area contributed by atoms with Crippen LogP contribution in [0.5, 0.6) is 5.75 Å². The van der Waals surface area contributed by atoms with Crippen LogP contribution >= 0.6 is 11.6 Å². The van der Waals surface area contributed by atoms with Gasteiger partial charge in [0.2, 0.25) is 0 Å². The number of likely N-dealkylation sites (tertiary alicyclic amines) is 1. The molecule has 31 heavy (non-hydrogen) atoms. The van der Waals surface area contributed by atoms with Crippen LogP contribution in [0.15, 0.2) is 36.4 Å². The van der Waals surface area contributed by atoms with Gasteiger partial charge in [-0.3, -0.25) is 4.79 Å². The summed E-state index contributed by atoms with van der Waals surface area (Å²) in [5.41, 5.74) is 7.24. The number of nitrogen functional groups attached to an aromatic ring is 1. The Morgan fingerprint density at radius 1 is 1.32 bits per heavy atom. The zero-order valence-corrected chi connectivity index (χ0v) is 18.4. The number of hydrogen-bond acceptors (Lipinski definition) is 5. The minimum absolute atomic E-state index is 0.233. The number of nitrogens with one attached hydrogen (secondary N) is 1. The average Bonchev–Trinajstić information content (AvgIpc) is 2.78. The number of benzene rings is 2. The van der Waals surface area contributed by atoms with Crippen LogP contribution in [-0.4, -0.2) is 49.2 Å². The van der Waals surface area contributed by atoms with E-state index < -0.39 is 6.10 Å². The van der Waals surface area contributed by atoms with E-state index in [9.17, 15) is 14.3 Å². The zero-order chi connectivity index (χ0) is 22.4. The van der Waals surface area contributed by atoms with Crippen LogP contribution in [-0.2, 0) is 0 Å². The lowest BCUT2D eigenvalue weighted by molar-refractivity contribution is 0.0925. The molecule has 2 aromatic carbocycles. The summed E-state index contributed by atoms with van der Waals surface area (Å²) in [6.45, 7) is 3.18. The molecule has 0 unspecified atom stereocenters. The molecule has 0 bridgehead atoms. The molecule has 6 nitrogen and oxygen atoms in total. The number of aliphatic hydroxyl groups is 1. The second kappa shape index (κ2) is 10.8. The molecular formula is C23H29ClFN3O3. The van der Waals surface area contributed by atoms with E-state index in [1.54, 1.807) is 18.2 Å². The SMILES string of the molecule is COc1cc(N)c(Cl)cc1C(=O)NCC1CCN(CC[C@H](O)c2ccc(F)cc2)CC1. The Balaban J connectivity index is 1.42. The van der Waals surface area contributed by atoms with Crippen molar-refractivity contribution in [2.75, 3.05) is 39.0 Å². The number of carbonyl (C=O) groups excluding carboxylic acids is 1. The van der Waals surface area contributed by atoms with Crippen molar-refractivity contribution in [1.82, 2.24) is 10.2 Å². The topological polar surface area (TPSA) is 87.8 Å². The van der Waals surface area contributed by atoms with E-state index in [1.807, 2.05) is 0 Å². The summed E-state index contributed by atoms with van der Waals surface area (Å²) in [5.74, 6) is 0.248. The molecule has 168 valence electrons. The van der Waals surface area contributed by atoms with Gasteiger partial charge in [-0.05, 0) is 62.0 Å². The van der Waals surface area contributed by atoms with Gasteiger partial charge < -0.3 is 25.8 Å². The standard InChI is InChI=1S/C23H29ClFN3O3/c1-31-22-13-20(26)19(24)12-18(22)23(30)27-14-15-6-9-28(10-7-15)11-8-21(29)16-2-4-17(25)5-3-16/h2-5,12-13,15,21,29H,6-11,14,26H2,1H3,(H,27,30)/t21-/m0/s1. The maximum absolute atomic E-state index is 13.0. The summed E-state index contributed by atoms with van der Waals surface area (Å²) < 4.78 is 18.3. The molecule has 2 aromatic rings. The molecule has 1 amide bonds. The first kappa shape index (κ1) is 23.3. The van der Waals surface area contributed by atoms with Crippen molar-refractivity contribution in [2.24, 2.45) is 5.92 Å². The minimum atomic E-state index is -0.598. The fourth-order valence-electron chi connectivity index (χ4n) is 3.82. The molecule has 3 rings (SSSR count). The molecule has 0 radical (unpaired) electrons. The highest BCUT2D eigenvalue weighted by molar-refractivity contribution is 6.33. The van der Waals surface area contributed by atoms with Gasteiger partial charge in [0.15, 0.2) is 0 Å². The molecule has 0 aromatic heterocycles. The van der Waals surface area contributed by atoms with Crippen LogP contribution in [0.1, 0.15) is 41.3 Å². The maximum Gasteiger partial charge on any atom is 0.255 e. The second-order valence-electron chi connectivity index (χ2n) is 7.93. The zero-order valence-electron chi connectivity index (χ0n) is 17.6. The number of ether oxygens (including phenoxy) is 1. The van der Waals surface area contributed by atoms with E-state index in [-0.39, 0.29) is 11.7 Å².